The van der Waals surface area contributed by atoms with E-state index in [0.29, 0.717) is 64.1 Å². The van der Waals surface area contributed by atoms with Crippen molar-refractivity contribution in [1.82, 2.24) is 0 Å². The highest BCUT2D eigenvalue weighted by molar-refractivity contribution is 7.80. The zero-order chi connectivity index (χ0) is 25.7. The fraction of sp³-hybridized carbons (Fsp3) is 0.143. The van der Waals surface area contributed by atoms with Gasteiger partial charge >= 0.3 is 0 Å². The molecule has 0 atom stereocenters. The molecule has 0 aliphatic heterocycles. The summed E-state index contributed by atoms with van der Waals surface area (Å²) in [6, 6.07) is 14.1. The lowest BCUT2D eigenvalue weighted by Crippen LogP contribution is -2.01. The number of thiol groups is 4. The lowest BCUT2D eigenvalue weighted by atomic mass is 9.91. The van der Waals surface area contributed by atoms with Gasteiger partial charge in [0.05, 0.1) is 0 Å². The van der Waals surface area contributed by atoms with E-state index in [9.17, 15) is 20.4 Å². The molecule has 4 aromatic carbocycles. The van der Waals surface area contributed by atoms with Crippen LogP contribution in [-0.4, -0.2) is 20.4 Å². The first-order valence-corrected chi connectivity index (χ1v) is 13.0. The van der Waals surface area contributed by atoms with Gasteiger partial charge in [-0.1, -0.05) is 0 Å². The molecular formula is C28H24O4S4. The summed E-state index contributed by atoms with van der Waals surface area (Å²) in [5.41, 5.74) is 4.73. The second-order valence-electron chi connectivity index (χ2n) is 9.16. The third-order valence-corrected chi connectivity index (χ3v) is 7.57. The van der Waals surface area contributed by atoms with Crippen LogP contribution >= 0.6 is 50.5 Å². The molecule has 1 aliphatic rings. The Morgan fingerprint density at radius 2 is 0.472 bits per heavy atom. The van der Waals surface area contributed by atoms with Gasteiger partial charge in [0.25, 0.3) is 0 Å². The van der Waals surface area contributed by atoms with Gasteiger partial charge in [-0.3, -0.25) is 0 Å². The van der Waals surface area contributed by atoms with Gasteiger partial charge < -0.3 is 20.4 Å². The molecule has 4 nitrogen and oxygen atoms in total. The zero-order valence-corrected chi connectivity index (χ0v) is 22.6. The van der Waals surface area contributed by atoms with E-state index in [4.69, 9.17) is 0 Å². The maximum Gasteiger partial charge on any atom is 0.122 e. The molecule has 0 saturated carbocycles. The van der Waals surface area contributed by atoms with E-state index in [2.05, 4.69) is 50.5 Å². The molecule has 0 aromatic heterocycles. The van der Waals surface area contributed by atoms with Crippen LogP contribution in [0.15, 0.2) is 68.1 Å². The molecule has 0 amide bonds. The molecule has 0 spiro atoms. The average Bonchev–Trinajstić information content (AvgIpc) is 2.80. The highest BCUT2D eigenvalue weighted by Crippen LogP contribution is 2.40. The lowest BCUT2D eigenvalue weighted by Gasteiger charge is -2.18. The Morgan fingerprint density at radius 1 is 0.333 bits per heavy atom. The SMILES string of the molecule is Oc1c2cc(S)cc1Cc1cc(S)cc(c1O)Cc1cc(S)cc(c1O)Cc1cc(S)cc(c1O)C2. The third kappa shape index (κ3) is 4.87. The summed E-state index contributed by atoms with van der Waals surface area (Å²) < 4.78 is 0. The van der Waals surface area contributed by atoms with Crippen LogP contribution < -0.4 is 0 Å². The summed E-state index contributed by atoms with van der Waals surface area (Å²) in [7, 11) is 0. The van der Waals surface area contributed by atoms with Crippen LogP contribution in [0, 0.1) is 0 Å². The van der Waals surface area contributed by atoms with Crippen molar-refractivity contribution >= 4 is 50.5 Å². The van der Waals surface area contributed by atoms with Gasteiger partial charge in [-0.25, -0.2) is 0 Å². The van der Waals surface area contributed by atoms with Gasteiger partial charge in [0.2, 0.25) is 0 Å². The number of hydrogen-bond acceptors (Lipinski definition) is 8. The normalized spacial score (nSPS) is 13.0. The van der Waals surface area contributed by atoms with E-state index < -0.39 is 0 Å². The minimum absolute atomic E-state index is 0.0820. The van der Waals surface area contributed by atoms with Crippen molar-refractivity contribution in [2.45, 2.75) is 45.3 Å². The fourth-order valence-electron chi connectivity index (χ4n) is 4.87. The smallest absolute Gasteiger partial charge is 0.122 e. The van der Waals surface area contributed by atoms with Gasteiger partial charge in [0, 0.05) is 45.3 Å². The Labute approximate surface area is 231 Å². The molecule has 4 aromatic rings. The van der Waals surface area contributed by atoms with Crippen molar-refractivity contribution in [1.29, 1.82) is 0 Å². The maximum atomic E-state index is 11.2. The minimum atomic E-state index is 0.0820. The molecular weight excluding hydrogens is 529 g/mol. The predicted molar refractivity (Wildman–Crippen MR) is 153 cm³/mol. The third-order valence-electron chi connectivity index (χ3n) is 6.53. The summed E-state index contributed by atoms with van der Waals surface area (Å²) >= 11 is 18.2. The van der Waals surface area contributed by atoms with Gasteiger partial charge in [0.15, 0.2) is 0 Å². The Hall–Kier alpha value is -2.52. The van der Waals surface area contributed by atoms with E-state index in [1.807, 2.05) is 0 Å². The summed E-state index contributed by atoms with van der Waals surface area (Å²) in [5, 5.41) is 44.6. The Bertz CT molecular complexity index is 1210. The van der Waals surface area contributed by atoms with Gasteiger partial charge in [0.1, 0.15) is 23.0 Å². The van der Waals surface area contributed by atoms with Crippen molar-refractivity contribution < 1.29 is 20.4 Å². The zero-order valence-electron chi connectivity index (χ0n) is 19.0. The molecule has 0 unspecified atom stereocenters. The van der Waals surface area contributed by atoms with Crippen LogP contribution in [0.3, 0.4) is 0 Å². The molecule has 8 heteroatoms. The second-order valence-corrected chi connectivity index (χ2v) is 11.2. The Kier molecular flexibility index (Phi) is 6.80. The molecule has 0 saturated heterocycles. The van der Waals surface area contributed by atoms with E-state index in [1.165, 1.54) is 0 Å². The molecule has 0 fully saturated rings. The number of rotatable bonds is 0. The molecule has 184 valence electrons. The van der Waals surface area contributed by atoms with E-state index in [1.54, 1.807) is 48.5 Å². The van der Waals surface area contributed by atoms with Crippen molar-refractivity contribution in [2.24, 2.45) is 0 Å². The van der Waals surface area contributed by atoms with Crippen LogP contribution in [-0.2, 0) is 25.7 Å². The highest BCUT2D eigenvalue weighted by Gasteiger charge is 2.20. The largest absolute Gasteiger partial charge is 0.507 e. The molecule has 5 rings (SSSR count). The van der Waals surface area contributed by atoms with Gasteiger partial charge in [-0.05, 0) is 93.0 Å². The average molecular weight is 553 g/mol. The number of hydrogen-bond donors (Lipinski definition) is 8. The molecule has 8 bridgehead atoms. The van der Waals surface area contributed by atoms with Crippen LogP contribution in [0.25, 0.3) is 0 Å². The summed E-state index contributed by atoms with van der Waals surface area (Å²) in [6.07, 6.45) is 0.977. The molecule has 36 heavy (non-hydrogen) atoms. The molecule has 4 N–H and O–H groups in total. The van der Waals surface area contributed by atoms with Crippen LogP contribution in [0.2, 0.25) is 0 Å². The van der Waals surface area contributed by atoms with E-state index in [0.717, 1.165) is 0 Å². The predicted octanol–water partition coefficient (Wildman–Crippen LogP) is 6.34. The summed E-state index contributed by atoms with van der Waals surface area (Å²) in [5.74, 6) is 0.328. The van der Waals surface area contributed by atoms with Crippen molar-refractivity contribution in [2.75, 3.05) is 0 Å². The monoisotopic (exact) mass is 552 g/mol. The quantitative estimate of drug-likeness (QED) is 0.108. The first-order valence-electron chi connectivity index (χ1n) is 11.2. The van der Waals surface area contributed by atoms with Crippen molar-refractivity contribution in [3.8, 4) is 23.0 Å². The van der Waals surface area contributed by atoms with E-state index >= 15 is 0 Å². The highest BCUT2D eigenvalue weighted by atomic mass is 32.1. The maximum absolute atomic E-state index is 11.2. The Balaban J connectivity index is 1.78. The molecule has 1 aliphatic carbocycles. The first-order chi connectivity index (χ1) is 17.1. The number of fused-ring (bicyclic) bond motifs is 8. The lowest BCUT2D eigenvalue weighted by molar-refractivity contribution is 0.449. The first kappa shape index (κ1) is 25.1. The van der Waals surface area contributed by atoms with Gasteiger partial charge in [-0.2, -0.15) is 0 Å². The van der Waals surface area contributed by atoms with Crippen LogP contribution in [0.1, 0.15) is 44.5 Å². The standard InChI is InChI=1S/C28H24O4S4/c29-25-13-1-14-6-22(34)8-16(26(14)30)3-18-10-24(36)12-20(28(18)32)4-19-11-23(35)9-17(27(19)31)2-15(25)7-21(33)5-13/h5-12,29-36H,1-4H2. The van der Waals surface area contributed by atoms with Crippen LogP contribution in [0.4, 0.5) is 0 Å². The number of phenols is 4. The van der Waals surface area contributed by atoms with Crippen molar-refractivity contribution in [3.05, 3.63) is 93.0 Å². The topological polar surface area (TPSA) is 80.9 Å². The Morgan fingerprint density at radius 3 is 0.611 bits per heavy atom. The number of benzene rings is 4. The summed E-state index contributed by atoms with van der Waals surface area (Å²) in [6.45, 7) is 0. The number of aromatic hydroxyl groups is 4. The van der Waals surface area contributed by atoms with Crippen LogP contribution in [0.5, 0.6) is 23.0 Å². The summed E-state index contributed by atoms with van der Waals surface area (Å²) in [4.78, 5) is 2.62. The number of phenolic OH excluding ortho intramolecular Hbond substituents is 4. The van der Waals surface area contributed by atoms with Gasteiger partial charge in [-0.15, -0.1) is 50.5 Å². The second kappa shape index (κ2) is 9.74. The molecule has 0 heterocycles. The minimum Gasteiger partial charge on any atom is -0.507 e. The van der Waals surface area contributed by atoms with Crippen molar-refractivity contribution in [3.63, 3.8) is 0 Å². The van der Waals surface area contributed by atoms with E-state index in [-0.39, 0.29) is 48.7 Å². The molecule has 0 radical (unpaired) electrons. The fourth-order valence-corrected chi connectivity index (χ4v) is 6.11.